The van der Waals surface area contributed by atoms with Gasteiger partial charge in [-0.3, -0.25) is 4.79 Å². The van der Waals surface area contributed by atoms with E-state index in [0.717, 1.165) is 0 Å². The van der Waals surface area contributed by atoms with Gasteiger partial charge in [0.25, 0.3) is 5.91 Å². The van der Waals surface area contributed by atoms with Crippen LogP contribution in [0.25, 0.3) is 0 Å². The molecule has 0 radical (unpaired) electrons. The first-order valence-electron chi connectivity index (χ1n) is 5.55. The number of benzene rings is 1. The van der Waals surface area contributed by atoms with Gasteiger partial charge in [-0.2, -0.15) is 0 Å². The van der Waals surface area contributed by atoms with Gasteiger partial charge in [0.2, 0.25) is 0 Å². The van der Waals surface area contributed by atoms with Crippen LogP contribution in [0.3, 0.4) is 0 Å². The van der Waals surface area contributed by atoms with Gasteiger partial charge in [-0.15, -0.1) is 0 Å². The molecule has 0 saturated carbocycles. The second kappa shape index (κ2) is 5.16. The van der Waals surface area contributed by atoms with Crippen LogP contribution < -0.4 is 11.1 Å². The number of carbonyl (C=O) groups excluding carboxylic acids is 1. The number of rotatable bonds is 4. The van der Waals surface area contributed by atoms with Crippen molar-refractivity contribution in [3.05, 3.63) is 24.3 Å². The molecule has 1 aromatic rings. The number of carbonyl (C=O) groups is 1. The highest BCUT2D eigenvalue weighted by Gasteiger charge is 2.25. The van der Waals surface area contributed by atoms with Crippen molar-refractivity contribution >= 4 is 17.3 Å². The number of amides is 1. The number of ether oxygens (including phenoxy) is 2. The predicted octanol–water partition coefficient (Wildman–Crippen LogP) is 1.01. The largest absolute Gasteiger partial charge is 0.397 e. The first-order chi connectivity index (χ1) is 8.16. The van der Waals surface area contributed by atoms with Crippen molar-refractivity contribution in [2.75, 3.05) is 24.3 Å². The second-order valence-electron chi connectivity index (χ2n) is 4.01. The lowest BCUT2D eigenvalue weighted by Crippen LogP contribution is -2.41. The van der Waals surface area contributed by atoms with Crippen molar-refractivity contribution in [3.63, 3.8) is 0 Å². The van der Waals surface area contributed by atoms with Crippen molar-refractivity contribution in [3.8, 4) is 0 Å². The van der Waals surface area contributed by atoms with Gasteiger partial charge in [0.15, 0.2) is 0 Å². The van der Waals surface area contributed by atoms with Crippen molar-refractivity contribution in [2.45, 2.75) is 19.1 Å². The first-order valence-corrected chi connectivity index (χ1v) is 5.55. The smallest absolute Gasteiger partial charge is 0.253 e. The molecule has 1 fully saturated rings. The van der Waals surface area contributed by atoms with E-state index < -0.39 is 6.10 Å². The van der Waals surface area contributed by atoms with E-state index in [-0.39, 0.29) is 12.0 Å². The number of hydrogen-bond acceptors (Lipinski definition) is 4. The van der Waals surface area contributed by atoms with E-state index in [9.17, 15) is 4.79 Å². The summed E-state index contributed by atoms with van der Waals surface area (Å²) >= 11 is 0. The molecule has 1 heterocycles. The van der Waals surface area contributed by atoms with Gasteiger partial charge < -0.3 is 20.5 Å². The van der Waals surface area contributed by atoms with E-state index >= 15 is 0 Å². The number of nitrogen functional groups attached to an aromatic ring is 1. The quantitative estimate of drug-likeness (QED) is 0.765. The van der Waals surface area contributed by atoms with Gasteiger partial charge in [0, 0.05) is 0 Å². The predicted molar refractivity (Wildman–Crippen MR) is 64.6 cm³/mol. The van der Waals surface area contributed by atoms with Crippen LogP contribution in [0.2, 0.25) is 0 Å². The van der Waals surface area contributed by atoms with Crippen LogP contribution in [0, 0.1) is 0 Å². The van der Waals surface area contributed by atoms with Crippen LogP contribution in [0.15, 0.2) is 24.3 Å². The fourth-order valence-electron chi connectivity index (χ4n) is 1.49. The summed E-state index contributed by atoms with van der Waals surface area (Å²) in [6, 6.07) is 7.13. The summed E-state index contributed by atoms with van der Waals surface area (Å²) in [5, 5.41) is 2.73. The van der Waals surface area contributed by atoms with E-state index in [2.05, 4.69) is 5.32 Å². The van der Waals surface area contributed by atoms with E-state index in [1.54, 1.807) is 19.1 Å². The highest BCUT2D eigenvalue weighted by Crippen LogP contribution is 2.17. The summed E-state index contributed by atoms with van der Waals surface area (Å²) in [6.07, 6.45) is -0.479. The minimum Gasteiger partial charge on any atom is -0.397 e. The van der Waals surface area contributed by atoms with Crippen molar-refractivity contribution in [2.24, 2.45) is 0 Å². The molecule has 5 heteroatoms. The molecule has 1 unspecified atom stereocenters. The molecule has 17 heavy (non-hydrogen) atoms. The molecule has 1 atom stereocenters. The fourth-order valence-corrected chi connectivity index (χ4v) is 1.49. The maximum Gasteiger partial charge on any atom is 0.253 e. The Kier molecular flexibility index (Phi) is 3.61. The van der Waals surface area contributed by atoms with Crippen LogP contribution in [-0.4, -0.2) is 31.3 Å². The third-order valence-electron chi connectivity index (χ3n) is 2.59. The van der Waals surface area contributed by atoms with Crippen LogP contribution >= 0.6 is 0 Å². The Hall–Kier alpha value is -1.59. The second-order valence-corrected chi connectivity index (χ2v) is 4.01. The summed E-state index contributed by atoms with van der Waals surface area (Å²) in [5.74, 6) is -0.199. The molecular weight excluding hydrogens is 220 g/mol. The zero-order valence-electron chi connectivity index (χ0n) is 9.68. The molecule has 1 aliphatic rings. The van der Waals surface area contributed by atoms with Gasteiger partial charge in [0.1, 0.15) is 12.2 Å². The first kappa shape index (κ1) is 11.9. The molecule has 1 saturated heterocycles. The molecular formula is C12H16N2O3. The number of anilines is 2. The number of hydrogen-bond donors (Lipinski definition) is 2. The van der Waals surface area contributed by atoms with Crippen molar-refractivity contribution in [1.82, 2.24) is 0 Å². The Morgan fingerprint density at radius 1 is 1.53 bits per heavy atom. The molecule has 2 rings (SSSR count). The molecule has 92 valence electrons. The fraction of sp³-hybridized carbons (Fsp3) is 0.417. The zero-order chi connectivity index (χ0) is 12.3. The van der Waals surface area contributed by atoms with E-state index in [1.165, 1.54) is 0 Å². The maximum atomic E-state index is 11.8. The van der Waals surface area contributed by atoms with E-state index in [1.807, 2.05) is 12.1 Å². The topological polar surface area (TPSA) is 73.6 Å². The highest BCUT2D eigenvalue weighted by atomic mass is 16.6. The monoisotopic (exact) mass is 236 g/mol. The average Bonchev–Trinajstić information content (AvgIpc) is 2.26. The molecule has 0 aromatic heterocycles. The third-order valence-corrected chi connectivity index (χ3v) is 2.59. The van der Waals surface area contributed by atoms with Crippen LogP contribution in [0.5, 0.6) is 0 Å². The molecule has 0 bridgehead atoms. The van der Waals surface area contributed by atoms with Crippen LogP contribution in [0.4, 0.5) is 11.4 Å². The van der Waals surface area contributed by atoms with E-state index in [0.29, 0.717) is 24.6 Å². The van der Waals surface area contributed by atoms with Crippen molar-refractivity contribution < 1.29 is 14.3 Å². The lowest BCUT2D eigenvalue weighted by Gasteiger charge is -2.28. The Morgan fingerprint density at radius 2 is 2.24 bits per heavy atom. The number of nitrogens with two attached hydrogens (primary N) is 1. The van der Waals surface area contributed by atoms with Crippen LogP contribution in [0.1, 0.15) is 6.92 Å². The number of para-hydroxylation sites is 2. The highest BCUT2D eigenvalue weighted by molar-refractivity contribution is 5.96. The maximum absolute atomic E-state index is 11.8. The van der Waals surface area contributed by atoms with Crippen molar-refractivity contribution in [1.29, 1.82) is 0 Å². The van der Waals surface area contributed by atoms with Crippen LogP contribution in [-0.2, 0) is 14.3 Å². The Morgan fingerprint density at radius 3 is 2.82 bits per heavy atom. The summed E-state index contributed by atoms with van der Waals surface area (Å²) in [4.78, 5) is 11.8. The van der Waals surface area contributed by atoms with Gasteiger partial charge in [-0.25, -0.2) is 0 Å². The van der Waals surface area contributed by atoms with Gasteiger partial charge in [0.05, 0.1) is 24.6 Å². The molecule has 1 aliphatic heterocycles. The zero-order valence-corrected chi connectivity index (χ0v) is 9.68. The average molecular weight is 236 g/mol. The van der Waals surface area contributed by atoms with E-state index in [4.69, 9.17) is 15.2 Å². The third kappa shape index (κ3) is 2.95. The minimum atomic E-state index is -0.511. The summed E-state index contributed by atoms with van der Waals surface area (Å²) in [6.45, 7) is 2.84. The number of nitrogens with one attached hydrogen (secondary N) is 1. The Bertz CT molecular complexity index is 404. The molecule has 3 N–H and O–H groups in total. The Labute approximate surface area is 99.9 Å². The summed E-state index contributed by atoms with van der Waals surface area (Å²) in [5.41, 5.74) is 6.88. The molecule has 0 aliphatic carbocycles. The normalized spacial score (nSPS) is 17.2. The van der Waals surface area contributed by atoms with Gasteiger partial charge >= 0.3 is 0 Å². The summed E-state index contributed by atoms with van der Waals surface area (Å²) < 4.78 is 10.5. The lowest BCUT2D eigenvalue weighted by molar-refractivity contribution is -0.161. The SMILES string of the molecule is CC(OC1COC1)C(=O)Nc1ccccc1N. The van der Waals surface area contributed by atoms with Gasteiger partial charge in [-0.1, -0.05) is 12.1 Å². The molecule has 0 spiro atoms. The summed E-state index contributed by atoms with van der Waals surface area (Å²) in [7, 11) is 0. The minimum absolute atomic E-state index is 0.0314. The molecule has 5 nitrogen and oxygen atoms in total. The van der Waals surface area contributed by atoms with Gasteiger partial charge in [-0.05, 0) is 19.1 Å². The Balaban J connectivity index is 1.89. The lowest BCUT2D eigenvalue weighted by atomic mass is 10.2. The molecule has 1 amide bonds. The molecule has 1 aromatic carbocycles. The standard InChI is InChI=1S/C12H16N2O3/c1-8(17-9-6-16-7-9)12(15)14-11-5-3-2-4-10(11)13/h2-5,8-9H,6-7,13H2,1H3,(H,14,15).